The van der Waals surface area contributed by atoms with Gasteiger partial charge in [0.15, 0.2) is 0 Å². The molecule has 1 aromatic heterocycles. The standard InChI is InChI=1S/C18H30N4O2/c1-20(9-6-14-7-10-24-18(14)23)12-15-5-4-8-21(2)17(15)16-11-19-22(3)13-16/h11,13-15,17H,4-10,12H2,1-3H3/t14-,15-,17+/m0/s1. The number of nitrogens with zero attached hydrogens (tertiary/aromatic N) is 4. The van der Waals surface area contributed by atoms with Gasteiger partial charge >= 0.3 is 5.97 Å². The molecule has 3 rings (SSSR count). The highest BCUT2D eigenvalue weighted by molar-refractivity contribution is 5.74. The van der Waals surface area contributed by atoms with Crippen molar-refractivity contribution in [3.05, 3.63) is 18.0 Å². The van der Waals surface area contributed by atoms with Crippen LogP contribution in [0.3, 0.4) is 0 Å². The summed E-state index contributed by atoms with van der Waals surface area (Å²) in [5.74, 6) is 0.707. The van der Waals surface area contributed by atoms with Gasteiger partial charge in [0.2, 0.25) is 0 Å². The van der Waals surface area contributed by atoms with E-state index in [0.717, 1.165) is 32.5 Å². The van der Waals surface area contributed by atoms with E-state index in [9.17, 15) is 4.79 Å². The lowest BCUT2D eigenvalue weighted by Gasteiger charge is -2.40. The largest absolute Gasteiger partial charge is 0.465 e. The van der Waals surface area contributed by atoms with Crippen molar-refractivity contribution in [2.45, 2.75) is 31.7 Å². The minimum Gasteiger partial charge on any atom is -0.465 e. The molecule has 3 atom stereocenters. The fraction of sp³-hybridized carbons (Fsp3) is 0.778. The Labute approximate surface area is 144 Å². The summed E-state index contributed by atoms with van der Waals surface area (Å²) in [5, 5.41) is 4.36. The highest BCUT2D eigenvalue weighted by atomic mass is 16.5. The second-order valence-electron chi connectivity index (χ2n) is 7.48. The number of carbonyl (C=O) groups excluding carboxylic acids is 1. The number of rotatable bonds is 6. The fourth-order valence-electron chi connectivity index (χ4n) is 4.24. The highest BCUT2D eigenvalue weighted by Crippen LogP contribution is 2.35. The monoisotopic (exact) mass is 334 g/mol. The maximum atomic E-state index is 11.6. The van der Waals surface area contributed by atoms with Crippen LogP contribution >= 0.6 is 0 Å². The van der Waals surface area contributed by atoms with Crippen LogP contribution < -0.4 is 0 Å². The van der Waals surface area contributed by atoms with Crippen molar-refractivity contribution in [3.63, 3.8) is 0 Å². The van der Waals surface area contributed by atoms with Gasteiger partial charge in [-0.05, 0) is 58.8 Å². The summed E-state index contributed by atoms with van der Waals surface area (Å²) < 4.78 is 6.96. The van der Waals surface area contributed by atoms with Gasteiger partial charge in [0.05, 0.1) is 18.7 Å². The van der Waals surface area contributed by atoms with Gasteiger partial charge in [-0.1, -0.05) is 0 Å². The Morgan fingerprint density at radius 1 is 1.38 bits per heavy atom. The van der Waals surface area contributed by atoms with Crippen molar-refractivity contribution in [1.29, 1.82) is 0 Å². The number of piperidine rings is 1. The summed E-state index contributed by atoms with van der Waals surface area (Å²) >= 11 is 0. The lowest BCUT2D eigenvalue weighted by Crippen LogP contribution is -2.41. The van der Waals surface area contributed by atoms with Gasteiger partial charge in [-0.3, -0.25) is 14.4 Å². The van der Waals surface area contributed by atoms with Crippen molar-refractivity contribution in [1.82, 2.24) is 19.6 Å². The molecule has 134 valence electrons. The van der Waals surface area contributed by atoms with Crippen LogP contribution in [-0.4, -0.2) is 65.9 Å². The second kappa shape index (κ2) is 7.66. The van der Waals surface area contributed by atoms with Gasteiger partial charge in [-0.25, -0.2) is 0 Å². The molecule has 0 aliphatic carbocycles. The molecule has 1 aromatic rings. The molecule has 0 aromatic carbocycles. The molecule has 2 aliphatic heterocycles. The molecule has 6 heteroatoms. The van der Waals surface area contributed by atoms with Crippen molar-refractivity contribution < 1.29 is 9.53 Å². The molecule has 24 heavy (non-hydrogen) atoms. The Kier molecular flexibility index (Phi) is 5.56. The number of cyclic esters (lactones) is 1. The van der Waals surface area contributed by atoms with Gasteiger partial charge in [-0.15, -0.1) is 0 Å². The minimum atomic E-state index is -0.00552. The first-order chi connectivity index (χ1) is 11.5. The fourth-order valence-corrected chi connectivity index (χ4v) is 4.24. The summed E-state index contributed by atoms with van der Waals surface area (Å²) in [6.45, 7) is 3.77. The number of hydrogen-bond donors (Lipinski definition) is 0. The zero-order valence-corrected chi connectivity index (χ0v) is 15.1. The van der Waals surface area contributed by atoms with E-state index in [0.29, 0.717) is 18.6 Å². The summed E-state index contributed by atoms with van der Waals surface area (Å²) in [6, 6.07) is 0.436. The van der Waals surface area contributed by atoms with Crippen LogP contribution in [0.4, 0.5) is 0 Å². The lowest BCUT2D eigenvalue weighted by atomic mass is 9.85. The third kappa shape index (κ3) is 3.98. The van der Waals surface area contributed by atoms with Gasteiger partial charge in [0, 0.05) is 31.4 Å². The van der Waals surface area contributed by atoms with Crippen LogP contribution in [0.1, 0.15) is 37.3 Å². The van der Waals surface area contributed by atoms with Crippen LogP contribution in [0, 0.1) is 11.8 Å². The first kappa shape index (κ1) is 17.4. The minimum absolute atomic E-state index is 0.00552. The molecule has 3 heterocycles. The number of carbonyl (C=O) groups is 1. The van der Waals surface area contributed by atoms with Crippen LogP contribution in [-0.2, 0) is 16.6 Å². The Balaban J connectivity index is 1.57. The SMILES string of the molecule is CN(CC[C@H]1CCOC1=O)C[C@@H]1CCCN(C)[C@H]1c1cnn(C)c1. The third-order valence-electron chi connectivity index (χ3n) is 5.52. The molecule has 2 saturated heterocycles. The Morgan fingerprint density at radius 2 is 2.21 bits per heavy atom. The van der Waals surface area contributed by atoms with Crippen LogP contribution in [0.15, 0.2) is 12.4 Å². The first-order valence-electron chi connectivity index (χ1n) is 9.08. The van der Waals surface area contributed by atoms with Crippen LogP contribution in [0.5, 0.6) is 0 Å². The van der Waals surface area contributed by atoms with E-state index in [1.807, 2.05) is 17.9 Å². The van der Waals surface area contributed by atoms with E-state index in [1.165, 1.54) is 18.4 Å². The summed E-state index contributed by atoms with van der Waals surface area (Å²) in [6.07, 6.45) is 8.45. The molecule has 2 aliphatic rings. The van der Waals surface area contributed by atoms with Gasteiger partial charge in [-0.2, -0.15) is 5.10 Å². The van der Waals surface area contributed by atoms with E-state index in [-0.39, 0.29) is 11.9 Å². The first-order valence-corrected chi connectivity index (χ1v) is 9.08. The number of aromatic nitrogens is 2. The maximum absolute atomic E-state index is 11.6. The molecule has 0 radical (unpaired) electrons. The normalized spacial score (nSPS) is 28.5. The van der Waals surface area contributed by atoms with Crippen molar-refractivity contribution >= 4 is 5.97 Å². The molecule has 2 fully saturated rings. The Hall–Kier alpha value is -1.40. The van der Waals surface area contributed by atoms with E-state index in [4.69, 9.17) is 4.74 Å². The number of hydrogen-bond acceptors (Lipinski definition) is 5. The second-order valence-corrected chi connectivity index (χ2v) is 7.48. The number of aryl methyl sites for hydroxylation is 1. The van der Waals surface area contributed by atoms with Crippen molar-refractivity contribution in [3.8, 4) is 0 Å². The van der Waals surface area contributed by atoms with Gasteiger partial charge in [0.1, 0.15) is 0 Å². The molecule has 0 saturated carbocycles. The molecule has 0 N–H and O–H groups in total. The average Bonchev–Trinajstić information content (AvgIpc) is 3.14. The number of likely N-dealkylation sites (tertiary alicyclic amines) is 1. The number of esters is 1. The Bertz CT molecular complexity index is 559. The lowest BCUT2D eigenvalue weighted by molar-refractivity contribution is -0.141. The van der Waals surface area contributed by atoms with E-state index in [1.54, 1.807) is 0 Å². The molecule has 0 amide bonds. The van der Waals surface area contributed by atoms with Gasteiger partial charge in [0.25, 0.3) is 0 Å². The molecular formula is C18H30N4O2. The third-order valence-corrected chi connectivity index (χ3v) is 5.52. The molecule has 0 spiro atoms. The average molecular weight is 334 g/mol. The summed E-state index contributed by atoms with van der Waals surface area (Å²) in [5.41, 5.74) is 1.32. The quantitative estimate of drug-likeness (QED) is 0.741. The smallest absolute Gasteiger partial charge is 0.309 e. The number of ether oxygens (including phenoxy) is 1. The van der Waals surface area contributed by atoms with E-state index >= 15 is 0 Å². The zero-order valence-electron chi connectivity index (χ0n) is 15.1. The molecule has 0 bridgehead atoms. The predicted molar refractivity (Wildman–Crippen MR) is 92.5 cm³/mol. The van der Waals surface area contributed by atoms with Crippen LogP contribution in [0.2, 0.25) is 0 Å². The van der Waals surface area contributed by atoms with E-state index < -0.39 is 0 Å². The highest BCUT2D eigenvalue weighted by Gasteiger charge is 2.32. The van der Waals surface area contributed by atoms with Crippen molar-refractivity contribution in [2.75, 3.05) is 40.3 Å². The topological polar surface area (TPSA) is 50.6 Å². The molecule has 0 unspecified atom stereocenters. The van der Waals surface area contributed by atoms with Crippen LogP contribution in [0.25, 0.3) is 0 Å². The molecular weight excluding hydrogens is 304 g/mol. The molecule has 6 nitrogen and oxygen atoms in total. The van der Waals surface area contributed by atoms with Gasteiger partial charge < -0.3 is 9.64 Å². The summed E-state index contributed by atoms with van der Waals surface area (Å²) in [4.78, 5) is 16.5. The predicted octanol–water partition coefficient (Wildman–Crippen LogP) is 1.69. The summed E-state index contributed by atoms with van der Waals surface area (Å²) in [7, 11) is 6.38. The Morgan fingerprint density at radius 3 is 2.88 bits per heavy atom. The zero-order chi connectivity index (χ0) is 17.1. The van der Waals surface area contributed by atoms with E-state index in [2.05, 4.69) is 35.2 Å². The maximum Gasteiger partial charge on any atom is 0.309 e. The van der Waals surface area contributed by atoms with Crippen molar-refractivity contribution in [2.24, 2.45) is 18.9 Å².